The fraction of sp³-hybridized carbons (Fsp3) is 0.455. The molecule has 0 saturated carbocycles. The van der Waals surface area contributed by atoms with Crippen molar-refractivity contribution in [2.24, 2.45) is 5.73 Å². The monoisotopic (exact) mass is 242 g/mol. The zero-order valence-corrected chi connectivity index (χ0v) is 9.91. The van der Waals surface area contributed by atoms with E-state index in [0.29, 0.717) is 18.1 Å². The first-order valence-electron chi connectivity index (χ1n) is 5.00. The summed E-state index contributed by atoms with van der Waals surface area (Å²) in [6.07, 6.45) is 3.89. The third-order valence-corrected chi connectivity index (χ3v) is 2.61. The molecule has 1 rings (SSSR count). The SMILES string of the molecule is COCCC(N)C(=O)Cc1ccncc1Cl. The second kappa shape index (κ2) is 6.58. The average molecular weight is 243 g/mol. The number of carbonyl (C=O) groups is 1. The van der Waals surface area contributed by atoms with Crippen molar-refractivity contribution < 1.29 is 9.53 Å². The second-order valence-corrected chi connectivity index (χ2v) is 3.91. The number of rotatable bonds is 6. The van der Waals surface area contributed by atoms with Crippen molar-refractivity contribution in [1.29, 1.82) is 0 Å². The highest BCUT2D eigenvalue weighted by Crippen LogP contribution is 2.14. The summed E-state index contributed by atoms with van der Waals surface area (Å²) in [6, 6.07) is 1.23. The van der Waals surface area contributed by atoms with Crippen LogP contribution in [0.2, 0.25) is 5.02 Å². The fourth-order valence-electron chi connectivity index (χ4n) is 1.27. The fourth-order valence-corrected chi connectivity index (χ4v) is 1.46. The highest BCUT2D eigenvalue weighted by molar-refractivity contribution is 6.31. The molecule has 1 atom stereocenters. The number of pyridine rings is 1. The first kappa shape index (κ1) is 13.1. The van der Waals surface area contributed by atoms with Crippen LogP contribution in [0.5, 0.6) is 0 Å². The van der Waals surface area contributed by atoms with Crippen molar-refractivity contribution in [3.63, 3.8) is 0 Å². The lowest BCUT2D eigenvalue weighted by molar-refractivity contribution is -0.120. The molecular formula is C11H15ClN2O2. The summed E-state index contributed by atoms with van der Waals surface area (Å²) in [5.74, 6) is -0.0369. The Morgan fingerprint density at radius 2 is 2.44 bits per heavy atom. The summed E-state index contributed by atoms with van der Waals surface area (Å²) in [5, 5.41) is 0.495. The Labute approximate surface area is 99.8 Å². The predicted molar refractivity (Wildman–Crippen MR) is 62.4 cm³/mol. The van der Waals surface area contributed by atoms with Gasteiger partial charge in [-0.25, -0.2) is 0 Å². The highest BCUT2D eigenvalue weighted by atomic mass is 35.5. The van der Waals surface area contributed by atoms with Crippen LogP contribution in [0.1, 0.15) is 12.0 Å². The Bertz CT molecular complexity index is 358. The van der Waals surface area contributed by atoms with Gasteiger partial charge in [0.2, 0.25) is 0 Å². The highest BCUT2D eigenvalue weighted by Gasteiger charge is 2.14. The number of aromatic nitrogens is 1. The van der Waals surface area contributed by atoms with Crippen molar-refractivity contribution in [2.45, 2.75) is 18.9 Å². The van der Waals surface area contributed by atoms with Gasteiger partial charge in [0.25, 0.3) is 0 Å². The van der Waals surface area contributed by atoms with Crippen LogP contribution in [0, 0.1) is 0 Å². The molecule has 0 amide bonds. The molecule has 0 fully saturated rings. The molecule has 88 valence electrons. The van der Waals surface area contributed by atoms with Crippen LogP contribution in [0.4, 0.5) is 0 Å². The van der Waals surface area contributed by atoms with Crippen LogP contribution in [0.3, 0.4) is 0 Å². The summed E-state index contributed by atoms with van der Waals surface area (Å²) in [6.45, 7) is 0.483. The van der Waals surface area contributed by atoms with E-state index in [1.807, 2.05) is 0 Å². The van der Waals surface area contributed by atoms with Crippen molar-refractivity contribution in [1.82, 2.24) is 4.98 Å². The van der Waals surface area contributed by atoms with Gasteiger partial charge in [-0.15, -0.1) is 0 Å². The summed E-state index contributed by atoms with van der Waals surface area (Å²) in [5.41, 5.74) is 6.47. The molecule has 2 N–H and O–H groups in total. The zero-order chi connectivity index (χ0) is 12.0. The molecule has 0 saturated heterocycles. The number of hydrogen-bond donors (Lipinski definition) is 1. The molecule has 1 heterocycles. The molecule has 0 aromatic carbocycles. The molecule has 4 nitrogen and oxygen atoms in total. The maximum Gasteiger partial charge on any atom is 0.154 e. The zero-order valence-electron chi connectivity index (χ0n) is 9.15. The number of ether oxygens (including phenoxy) is 1. The van der Waals surface area contributed by atoms with Gasteiger partial charge in [-0.2, -0.15) is 0 Å². The van der Waals surface area contributed by atoms with Crippen LogP contribution >= 0.6 is 11.6 Å². The summed E-state index contributed by atoms with van der Waals surface area (Å²) in [4.78, 5) is 15.6. The lowest BCUT2D eigenvalue weighted by Gasteiger charge is -2.10. The average Bonchev–Trinajstić information content (AvgIpc) is 2.28. The van der Waals surface area contributed by atoms with Gasteiger partial charge in [-0.05, 0) is 18.1 Å². The number of methoxy groups -OCH3 is 1. The largest absolute Gasteiger partial charge is 0.385 e. The van der Waals surface area contributed by atoms with E-state index in [4.69, 9.17) is 22.1 Å². The Morgan fingerprint density at radius 3 is 3.06 bits per heavy atom. The second-order valence-electron chi connectivity index (χ2n) is 3.50. The maximum absolute atomic E-state index is 11.7. The van der Waals surface area contributed by atoms with Crippen molar-refractivity contribution in [3.05, 3.63) is 29.0 Å². The van der Waals surface area contributed by atoms with Crippen molar-refractivity contribution in [3.8, 4) is 0 Å². The first-order valence-corrected chi connectivity index (χ1v) is 5.38. The Balaban J connectivity index is 2.54. The molecule has 1 aromatic rings. The lowest BCUT2D eigenvalue weighted by atomic mass is 10.0. The third-order valence-electron chi connectivity index (χ3n) is 2.27. The number of Topliss-reactive ketones (excluding diaryl/α,β-unsaturated/α-hetero) is 1. The van der Waals surface area contributed by atoms with Gasteiger partial charge in [-0.1, -0.05) is 11.6 Å². The van der Waals surface area contributed by atoms with Crippen LogP contribution < -0.4 is 5.73 Å². The van der Waals surface area contributed by atoms with Crippen LogP contribution in [-0.2, 0) is 16.0 Å². The van der Waals surface area contributed by atoms with E-state index >= 15 is 0 Å². The Hall–Kier alpha value is -0.970. The summed E-state index contributed by atoms with van der Waals surface area (Å²) >= 11 is 5.90. The molecule has 16 heavy (non-hydrogen) atoms. The van der Waals surface area contributed by atoms with Gasteiger partial charge in [0.1, 0.15) is 0 Å². The molecular weight excluding hydrogens is 228 g/mol. The molecule has 0 bridgehead atoms. The van der Waals surface area contributed by atoms with E-state index in [-0.39, 0.29) is 12.2 Å². The number of carbonyl (C=O) groups excluding carboxylic acids is 1. The lowest BCUT2D eigenvalue weighted by Crippen LogP contribution is -2.33. The van der Waals surface area contributed by atoms with Crippen molar-refractivity contribution in [2.75, 3.05) is 13.7 Å². The minimum atomic E-state index is -0.496. The van der Waals surface area contributed by atoms with E-state index in [9.17, 15) is 4.79 Å². The quantitative estimate of drug-likeness (QED) is 0.815. The minimum absolute atomic E-state index is 0.0369. The van der Waals surface area contributed by atoms with Gasteiger partial charge >= 0.3 is 0 Å². The Morgan fingerprint density at radius 1 is 1.69 bits per heavy atom. The summed E-state index contributed by atoms with van der Waals surface area (Å²) in [7, 11) is 1.58. The standard InChI is InChI=1S/C11H15ClN2O2/c1-16-5-3-10(13)11(15)6-8-2-4-14-7-9(8)12/h2,4,7,10H,3,5-6,13H2,1H3. The van der Waals surface area contributed by atoms with E-state index < -0.39 is 6.04 Å². The number of halogens is 1. The van der Waals surface area contributed by atoms with Crippen LogP contribution in [0.15, 0.2) is 18.5 Å². The van der Waals surface area contributed by atoms with Gasteiger partial charge < -0.3 is 10.5 Å². The molecule has 5 heteroatoms. The summed E-state index contributed by atoms with van der Waals surface area (Å²) < 4.78 is 4.87. The molecule has 0 radical (unpaired) electrons. The Kier molecular flexibility index (Phi) is 5.38. The first-order chi connectivity index (χ1) is 7.65. The van der Waals surface area contributed by atoms with Gasteiger partial charge in [0, 0.05) is 32.5 Å². The minimum Gasteiger partial charge on any atom is -0.385 e. The molecule has 0 aliphatic heterocycles. The molecule has 0 aliphatic carbocycles. The molecule has 1 aromatic heterocycles. The topological polar surface area (TPSA) is 65.2 Å². The number of ketones is 1. The van der Waals surface area contributed by atoms with Gasteiger partial charge in [0.15, 0.2) is 5.78 Å². The third kappa shape index (κ3) is 3.89. The maximum atomic E-state index is 11.7. The number of nitrogens with two attached hydrogens (primary N) is 1. The smallest absolute Gasteiger partial charge is 0.154 e. The van der Waals surface area contributed by atoms with Gasteiger partial charge in [-0.3, -0.25) is 9.78 Å². The number of hydrogen-bond acceptors (Lipinski definition) is 4. The van der Waals surface area contributed by atoms with E-state index in [1.165, 1.54) is 6.20 Å². The predicted octanol–water partition coefficient (Wildman–Crippen LogP) is 1.21. The van der Waals surface area contributed by atoms with Crippen LogP contribution in [-0.4, -0.2) is 30.5 Å². The van der Waals surface area contributed by atoms with E-state index in [1.54, 1.807) is 19.4 Å². The number of nitrogens with zero attached hydrogens (tertiary/aromatic N) is 1. The van der Waals surface area contributed by atoms with Crippen molar-refractivity contribution >= 4 is 17.4 Å². The van der Waals surface area contributed by atoms with E-state index in [0.717, 1.165) is 5.56 Å². The molecule has 1 unspecified atom stereocenters. The van der Waals surface area contributed by atoms with Gasteiger partial charge in [0.05, 0.1) is 11.1 Å². The normalized spacial score (nSPS) is 12.4. The molecule has 0 aliphatic rings. The van der Waals surface area contributed by atoms with E-state index in [2.05, 4.69) is 4.98 Å². The molecule has 0 spiro atoms. The van der Waals surface area contributed by atoms with Crippen LogP contribution in [0.25, 0.3) is 0 Å².